The summed E-state index contributed by atoms with van der Waals surface area (Å²) in [7, 11) is 0. The average Bonchev–Trinajstić information content (AvgIpc) is 3.19. The number of ether oxygens (including phenoxy) is 1. The largest absolute Gasteiger partial charge is 0.476 e. The number of hydrogen-bond donors (Lipinski definition) is 2. The zero-order valence-corrected chi connectivity index (χ0v) is 18.7. The number of nitrogen functional groups attached to an aromatic ring is 1. The molecule has 8 nitrogen and oxygen atoms in total. The van der Waals surface area contributed by atoms with Crippen LogP contribution in [0.15, 0.2) is 71.2 Å². The lowest BCUT2D eigenvalue weighted by Crippen LogP contribution is -2.20. The van der Waals surface area contributed by atoms with Gasteiger partial charge in [0.05, 0.1) is 6.42 Å². The van der Waals surface area contributed by atoms with Crippen LogP contribution < -0.4 is 5.73 Å². The Labute approximate surface area is 195 Å². The van der Waals surface area contributed by atoms with Crippen LogP contribution in [0.1, 0.15) is 36.3 Å². The van der Waals surface area contributed by atoms with Crippen molar-refractivity contribution in [3.63, 3.8) is 0 Å². The predicted molar refractivity (Wildman–Crippen MR) is 124 cm³/mol. The number of carboxylic acids is 1. The molecule has 0 fully saturated rings. The van der Waals surface area contributed by atoms with Crippen molar-refractivity contribution in [3.8, 4) is 0 Å². The number of carbonyl (C=O) groups excluding carboxylic acids is 1. The van der Waals surface area contributed by atoms with E-state index in [1.54, 1.807) is 6.92 Å². The van der Waals surface area contributed by atoms with E-state index in [1.165, 1.54) is 5.38 Å². The Morgan fingerprint density at radius 2 is 1.66 bits per heavy atom. The van der Waals surface area contributed by atoms with Crippen LogP contribution in [0.5, 0.6) is 0 Å². The van der Waals surface area contributed by atoms with Gasteiger partial charge in [0, 0.05) is 5.38 Å². The molecule has 1 heterocycles. The third kappa shape index (κ3) is 6.79. The minimum atomic E-state index is -1.31. The van der Waals surface area contributed by atoms with Gasteiger partial charge >= 0.3 is 11.9 Å². The minimum Gasteiger partial charge on any atom is -0.476 e. The molecular weight excluding hydrogens is 454 g/mol. The summed E-state index contributed by atoms with van der Waals surface area (Å²) in [6.45, 7) is 1.60. The number of carbonyl (C=O) groups is 2. The Morgan fingerprint density at radius 3 is 2.12 bits per heavy atom. The molecular formula is C22H22ClN3O5S. The summed E-state index contributed by atoms with van der Waals surface area (Å²) >= 11 is 1.09. The molecule has 168 valence electrons. The molecule has 2 aromatic carbocycles. The van der Waals surface area contributed by atoms with E-state index < -0.39 is 24.1 Å². The second-order valence-corrected chi connectivity index (χ2v) is 7.52. The van der Waals surface area contributed by atoms with Crippen molar-refractivity contribution in [2.24, 2.45) is 5.16 Å². The number of aliphatic carboxylic acids is 1. The smallest absolute Gasteiger partial charge is 0.360 e. The molecule has 3 N–H and O–H groups in total. The summed E-state index contributed by atoms with van der Waals surface area (Å²) in [5, 5.41) is 14.7. The van der Waals surface area contributed by atoms with Gasteiger partial charge in [-0.15, -0.1) is 23.7 Å². The van der Waals surface area contributed by atoms with Crippen molar-refractivity contribution >= 4 is 46.5 Å². The third-order valence-electron chi connectivity index (χ3n) is 4.20. The van der Waals surface area contributed by atoms with Crippen LogP contribution >= 0.6 is 23.7 Å². The Morgan fingerprint density at radius 1 is 1.09 bits per heavy atom. The number of oxime groups is 1. The molecule has 0 radical (unpaired) electrons. The molecule has 0 aliphatic heterocycles. The molecule has 0 bridgehead atoms. The highest BCUT2D eigenvalue weighted by Crippen LogP contribution is 2.26. The molecule has 0 saturated carbocycles. The number of rotatable bonds is 9. The third-order valence-corrected chi connectivity index (χ3v) is 4.87. The zero-order valence-electron chi connectivity index (χ0n) is 17.1. The summed E-state index contributed by atoms with van der Waals surface area (Å²) in [6.07, 6.45) is -1.41. The first-order valence-electron chi connectivity index (χ1n) is 9.42. The van der Waals surface area contributed by atoms with Crippen LogP contribution in [0.25, 0.3) is 0 Å². The number of carboxylic acid groups (broad SMARTS) is 1. The fourth-order valence-corrected chi connectivity index (χ4v) is 3.32. The number of thiazole rings is 1. The highest BCUT2D eigenvalue weighted by atomic mass is 35.5. The Kier molecular flexibility index (Phi) is 9.18. The van der Waals surface area contributed by atoms with Crippen molar-refractivity contribution in [1.29, 1.82) is 0 Å². The second-order valence-electron chi connectivity index (χ2n) is 6.63. The lowest BCUT2D eigenvalue weighted by atomic mass is 10.0. The molecule has 0 aliphatic rings. The SMILES string of the molecule is CC(CC(=O)OC(c1ccccc1)c1ccccc1)ON=C(C(=O)O)c1csc(N)n1.Cl. The van der Waals surface area contributed by atoms with E-state index in [0.717, 1.165) is 22.5 Å². The molecule has 3 aromatic rings. The molecule has 0 amide bonds. The number of esters is 1. The van der Waals surface area contributed by atoms with Crippen molar-refractivity contribution in [2.75, 3.05) is 5.73 Å². The summed E-state index contributed by atoms with van der Waals surface area (Å²) in [5.74, 6) is -1.82. The molecule has 1 atom stereocenters. The number of hydrogen-bond acceptors (Lipinski definition) is 8. The quantitative estimate of drug-likeness (QED) is 0.271. The van der Waals surface area contributed by atoms with E-state index in [9.17, 15) is 14.7 Å². The summed E-state index contributed by atoms with van der Waals surface area (Å²) in [5.41, 5.74) is 6.92. The van der Waals surface area contributed by atoms with Gasteiger partial charge in [-0.25, -0.2) is 9.78 Å². The van der Waals surface area contributed by atoms with Crippen LogP contribution in [-0.4, -0.2) is 33.8 Å². The van der Waals surface area contributed by atoms with Crippen molar-refractivity contribution in [3.05, 3.63) is 82.9 Å². The van der Waals surface area contributed by atoms with E-state index in [2.05, 4.69) is 10.1 Å². The van der Waals surface area contributed by atoms with E-state index in [-0.39, 0.29) is 35.4 Å². The molecule has 1 unspecified atom stereocenters. The van der Waals surface area contributed by atoms with Crippen LogP contribution in [-0.2, 0) is 19.2 Å². The number of halogens is 1. The van der Waals surface area contributed by atoms with Gasteiger partial charge in [-0.05, 0) is 18.1 Å². The number of nitrogens with two attached hydrogens (primary N) is 1. The van der Waals surface area contributed by atoms with Crippen molar-refractivity contribution in [2.45, 2.75) is 25.6 Å². The van der Waals surface area contributed by atoms with Crippen LogP contribution in [0.2, 0.25) is 0 Å². The van der Waals surface area contributed by atoms with Crippen molar-refractivity contribution in [1.82, 2.24) is 4.98 Å². The number of nitrogens with zero attached hydrogens (tertiary/aromatic N) is 2. The standard InChI is InChI=1S/C22H21N3O5S.ClH/c1-14(30-25-19(21(27)28)17-13-31-22(23)24-17)12-18(26)29-20(15-8-4-2-5-9-15)16-10-6-3-7-11-16;/h2-11,13-14,20H,12H2,1H3,(H2,23,24)(H,27,28);1H. The zero-order chi connectivity index (χ0) is 22.2. The van der Waals surface area contributed by atoms with E-state index in [4.69, 9.17) is 15.3 Å². The molecule has 32 heavy (non-hydrogen) atoms. The van der Waals surface area contributed by atoms with Gasteiger partial charge in [0.25, 0.3) is 0 Å². The first-order valence-corrected chi connectivity index (χ1v) is 10.3. The van der Waals surface area contributed by atoms with E-state index in [0.29, 0.717) is 0 Å². The Bertz CT molecular complexity index is 1020. The van der Waals surface area contributed by atoms with Gasteiger partial charge in [-0.3, -0.25) is 4.79 Å². The maximum atomic E-state index is 12.6. The first-order chi connectivity index (χ1) is 14.9. The molecule has 3 rings (SSSR count). The maximum Gasteiger partial charge on any atom is 0.360 e. The molecule has 0 spiro atoms. The predicted octanol–water partition coefficient (Wildman–Crippen LogP) is 4.06. The summed E-state index contributed by atoms with van der Waals surface area (Å²) in [4.78, 5) is 33.1. The molecule has 1 aromatic heterocycles. The highest BCUT2D eigenvalue weighted by molar-refractivity contribution is 7.13. The topological polar surface area (TPSA) is 124 Å². The van der Waals surface area contributed by atoms with Crippen LogP contribution in [0.3, 0.4) is 0 Å². The minimum absolute atomic E-state index is 0. The molecule has 0 aliphatic carbocycles. The van der Waals surface area contributed by atoms with Crippen LogP contribution in [0.4, 0.5) is 5.13 Å². The van der Waals surface area contributed by atoms with Gasteiger partial charge in [0.15, 0.2) is 11.2 Å². The van der Waals surface area contributed by atoms with Gasteiger partial charge in [0.2, 0.25) is 5.71 Å². The Balaban J connectivity index is 0.00000363. The Hall–Kier alpha value is -3.43. The molecule has 10 heteroatoms. The fraction of sp³-hybridized carbons (Fsp3) is 0.182. The lowest BCUT2D eigenvalue weighted by molar-refractivity contribution is -0.150. The van der Waals surface area contributed by atoms with Crippen LogP contribution in [0, 0.1) is 0 Å². The van der Waals surface area contributed by atoms with Gasteiger partial charge in [-0.1, -0.05) is 65.8 Å². The number of anilines is 1. The van der Waals surface area contributed by atoms with Gasteiger partial charge < -0.3 is 20.4 Å². The first kappa shape index (κ1) is 24.8. The molecule has 0 saturated heterocycles. The monoisotopic (exact) mass is 475 g/mol. The van der Waals surface area contributed by atoms with Crippen molar-refractivity contribution < 1.29 is 24.3 Å². The summed E-state index contributed by atoms with van der Waals surface area (Å²) < 4.78 is 5.72. The summed E-state index contributed by atoms with van der Waals surface area (Å²) in [6, 6.07) is 18.8. The number of aromatic nitrogens is 1. The lowest BCUT2D eigenvalue weighted by Gasteiger charge is -2.20. The van der Waals surface area contributed by atoms with Gasteiger partial charge in [-0.2, -0.15) is 0 Å². The maximum absolute atomic E-state index is 12.6. The van der Waals surface area contributed by atoms with E-state index >= 15 is 0 Å². The highest BCUT2D eigenvalue weighted by Gasteiger charge is 2.22. The second kappa shape index (κ2) is 11.8. The fourth-order valence-electron chi connectivity index (χ4n) is 2.77. The van der Waals surface area contributed by atoms with E-state index in [1.807, 2.05) is 60.7 Å². The normalized spacial score (nSPS) is 12.0. The van der Waals surface area contributed by atoms with Gasteiger partial charge in [0.1, 0.15) is 11.8 Å². The number of benzene rings is 2. The average molecular weight is 476 g/mol.